The number of urea groups is 1. The Morgan fingerprint density at radius 2 is 2.00 bits per heavy atom. The van der Waals surface area contributed by atoms with Crippen molar-refractivity contribution in [3.05, 3.63) is 35.9 Å². The van der Waals surface area contributed by atoms with Crippen LogP contribution >= 0.6 is 12.4 Å². The molecule has 25 heavy (non-hydrogen) atoms. The van der Waals surface area contributed by atoms with Crippen molar-refractivity contribution in [2.24, 2.45) is 5.92 Å². The van der Waals surface area contributed by atoms with Gasteiger partial charge in [0.05, 0.1) is 0 Å². The first kappa shape index (κ1) is 21.3. The molecule has 1 aromatic rings. The molecule has 1 aliphatic heterocycles. The first-order chi connectivity index (χ1) is 11.6. The molecule has 1 aromatic carbocycles. The van der Waals surface area contributed by atoms with Crippen LogP contribution in [0.15, 0.2) is 30.3 Å². The van der Waals surface area contributed by atoms with Gasteiger partial charge in [0.2, 0.25) is 5.91 Å². The van der Waals surface area contributed by atoms with Crippen LogP contribution in [0, 0.1) is 5.92 Å². The molecule has 0 saturated carbocycles. The molecule has 1 atom stereocenters. The Morgan fingerprint density at radius 1 is 1.28 bits per heavy atom. The highest BCUT2D eigenvalue weighted by Crippen LogP contribution is 2.15. The summed E-state index contributed by atoms with van der Waals surface area (Å²) < 4.78 is 0. The number of nitrogens with one attached hydrogen (secondary N) is 2. The molecule has 1 fully saturated rings. The van der Waals surface area contributed by atoms with E-state index in [1.54, 1.807) is 11.9 Å². The van der Waals surface area contributed by atoms with E-state index >= 15 is 0 Å². The van der Waals surface area contributed by atoms with Gasteiger partial charge in [0.25, 0.3) is 0 Å². The van der Waals surface area contributed by atoms with Crippen molar-refractivity contribution in [3.8, 4) is 0 Å². The third kappa shape index (κ3) is 6.92. The van der Waals surface area contributed by atoms with Crippen molar-refractivity contribution in [3.63, 3.8) is 0 Å². The SMILES string of the molecule is CNCC1CCN(C(=O)CCNC(=O)N(C)Cc2ccccc2)C1.Cl. The third-order valence-electron chi connectivity index (χ3n) is 4.36. The summed E-state index contributed by atoms with van der Waals surface area (Å²) in [5.41, 5.74) is 1.08. The molecule has 6 nitrogen and oxygen atoms in total. The van der Waals surface area contributed by atoms with Gasteiger partial charge < -0.3 is 20.4 Å². The van der Waals surface area contributed by atoms with E-state index in [9.17, 15) is 9.59 Å². The minimum atomic E-state index is -0.152. The van der Waals surface area contributed by atoms with Crippen molar-refractivity contribution in [1.82, 2.24) is 20.4 Å². The molecule has 3 amide bonds. The lowest BCUT2D eigenvalue weighted by Gasteiger charge is -2.19. The molecule has 2 rings (SSSR count). The van der Waals surface area contributed by atoms with Crippen LogP contribution in [-0.2, 0) is 11.3 Å². The summed E-state index contributed by atoms with van der Waals surface area (Å²) >= 11 is 0. The second kappa shape index (κ2) is 10.9. The lowest BCUT2D eigenvalue weighted by molar-refractivity contribution is -0.130. The molecule has 1 heterocycles. The largest absolute Gasteiger partial charge is 0.342 e. The number of likely N-dealkylation sites (tertiary alicyclic amines) is 1. The number of carbonyl (C=O) groups is 2. The van der Waals surface area contributed by atoms with Gasteiger partial charge in [-0.1, -0.05) is 30.3 Å². The highest BCUT2D eigenvalue weighted by molar-refractivity contribution is 5.85. The molecule has 0 aliphatic carbocycles. The zero-order valence-electron chi connectivity index (χ0n) is 15.0. The van der Waals surface area contributed by atoms with Gasteiger partial charge in [0, 0.05) is 39.6 Å². The highest BCUT2D eigenvalue weighted by atomic mass is 35.5. The minimum absolute atomic E-state index is 0. The quantitative estimate of drug-likeness (QED) is 0.770. The zero-order valence-corrected chi connectivity index (χ0v) is 15.8. The van der Waals surface area contributed by atoms with Gasteiger partial charge in [0.1, 0.15) is 0 Å². The average molecular weight is 369 g/mol. The first-order valence-electron chi connectivity index (χ1n) is 8.55. The number of rotatable bonds is 7. The smallest absolute Gasteiger partial charge is 0.317 e. The van der Waals surface area contributed by atoms with Gasteiger partial charge >= 0.3 is 6.03 Å². The van der Waals surface area contributed by atoms with E-state index in [-0.39, 0.29) is 24.3 Å². The molecule has 0 bridgehead atoms. The predicted octanol–water partition coefficient (Wildman–Crippen LogP) is 1.71. The van der Waals surface area contributed by atoms with Crippen LogP contribution in [0.5, 0.6) is 0 Å². The molecule has 0 radical (unpaired) electrons. The number of hydrogen-bond acceptors (Lipinski definition) is 3. The zero-order chi connectivity index (χ0) is 17.4. The third-order valence-corrected chi connectivity index (χ3v) is 4.36. The Labute approximate surface area is 156 Å². The molecule has 2 N–H and O–H groups in total. The van der Waals surface area contributed by atoms with Gasteiger partial charge in [0.15, 0.2) is 0 Å². The minimum Gasteiger partial charge on any atom is -0.342 e. The van der Waals surface area contributed by atoms with Crippen LogP contribution in [-0.4, -0.2) is 62.0 Å². The fourth-order valence-corrected chi connectivity index (χ4v) is 3.01. The van der Waals surface area contributed by atoms with E-state index in [1.165, 1.54) is 0 Å². The van der Waals surface area contributed by atoms with Crippen LogP contribution in [0.1, 0.15) is 18.4 Å². The Bertz CT molecular complexity index is 541. The number of halogens is 1. The summed E-state index contributed by atoms with van der Waals surface area (Å²) in [6.07, 6.45) is 1.41. The molecular formula is C18H29ClN4O2. The van der Waals surface area contributed by atoms with Crippen LogP contribution in [0.4, 0.5) is 4.79 Å². The standard InChI is InChI=1S/C18H28N4O2.ClH/c1-19-12-16-9-11-22(14-16)17(23)8-10-20-18(24)21(2)13-15-6-4-3-5-7-15;/h3-7,16,19H,8-14H2,1-2H3,(H,20,24);1H. The van der Waals surface area contributed by atoms with Crippen molar-refractivity contribution in [2.75, 3.05) is 40.3 Å². The van der Waals surface area contributed by atoms with E-state index in [1.807, 2.05) is 42.3 Å². The van der Waals surface area contributed by atoms with E-state index in [2.05, 4.69) is 10.6 Å². The van der Waals surface area contributed by atoms with Gasteiger partial charge in [-0.2, -0.15) is 0 Å². The second-order valence-electron chi connectivity index (χ2n) is 6.38. The summed E-state index contributed by atoms with van der Waals surface area (Å²) in [6, 6.07) is 9.69. The van der Waals surface area contributed by atoms with Crippen molar-refractivity contribution in [1.29, 1.82) is 0 Å². The summed E-state index contributed by atoms with van der Waals surface area (Å²) in [5, 5.41) is 5.98. The molecule has 7 heteroatoms. The Kier molecular flexibility index (Phi) is 9.31. The normalized spacial score (nSPS) is 16.2. The fourth-order valence-electron chi connectivity index (χ4n) is 3.01. The van der Waals surface area contributed by atoms with Crippen LogP contribution < -0.4 is 10.6 Å². The number of hydrogen-bond donors (Lipinski definition) is 2. The maximum absolute atomic E-state index is 12.2. The maximum Gasteiger partial charge on any atom is 0.317 e. The van der Waals surface area contributed by atoms with Gasteiger partial charge in [-0.25, -0.2) is 4.79 Å². The lowest BCUT2D eigenvalue weighted by Crippen LogP contribution is -2.39. The van der Waals surface area contributed by atoms with Crippen molar-refractivity contribution < 1.29 is 9.59 Å². The molecule has 1 aliphatic rings. The Balaban J connectivity index is 0.00000312. The van der Waals surface area contributed by atoms with Gasteiger partial charge in [-0.05, 0) is 31.5 Å². The number of amides is 3. The number of carbonyl (C=O) groups excluding carboxylic acids is 2. The fraction of sp³-hybridized carbons (Fsp3) is 0.556. The van der Waals surface area contributed by atoms with E-state index in [4.69, 9.17) is 0 Å². The second-order valence-corrected chi connectivity index (χ2v) is 6.38. The maximum atomic E-state index is 12.2. The van der Waals surface area contributed by atoms with Crippen LogP contribution in [0.3, 0.4) is 0 Å². The molecule has 140 valence electrons. The van der Waals surface area contributed by atoms with E-state index in [0.29, 0.717) is 25.4 Å². The van der Waals surface area contributed by atoms with E-state index in [0.717, 1.165) is 31.6 Å². The molecular weight excluding hydrogens is 340 g/mol. The lowest BCUT2D eigenvalue weighted by atomic mass is 10.1. The van der Waals surface area contributed by atoms with Crippen LogP contribution in [0.2, 0.25) is 0 Å². The van der Waals surface area contributed by atoms with Crippen molar-refractivity contribution >= 4 is 24.3 Å². The van der Waals surface area contributed by atoms with Gasteiger partial charge in [-0.3, -0.25) is 4.79 Å². The Morgan fingerprint density at radius 3 is 2.68 bits per heavy atom. The average Bonchev–Trinajstić information content (AvgIpc) is 3.04. The summed E-state index contributed by atoms with van der Waals surface area (Å²) in [5.74, 6) is 0.671. The number of benzene rings is 1. The van der Waals surface area contributed by atoms with Crippen molar-refractivity contribution in [2.45, 2.75) is 19.4 Å². The summed E-state index contributed by atoms with van der Waals surface area (Å²) in [4.78, 5) is 27.8. The van der Waals surface area contributed by atoms with Crippen LogP contribution in [0.25, 0.3) is 0 Å². The molecule has 0 aromatic heterocycles. The molecule has 1 unspecified atom stereocenters. The van der Waals surface area contributed by atoms with Gasteiger partial charge in [-0.15, -0.1) is 12.4 Å². The predicted molar refractivity (Wildman–Crippen MR) is 102 cm³/mol. The summed E-state index contributed by atoms with van der Waals surface area (Å²) in [7, 11) is 3.69. The monoisotopic (exact) mass is 368 g/mol. The topological polar surface area (TPSA) is 64.7 Å². The highest BCUT2D eigenvalue weighted by Gasteiger charge is 2.25. The molecule has 1 saturated heterocycles. The summed E-state index contributed by atoms with van der Waals surface area (Å²) in [6.45, 7) is 3.53. The first-order valence-corrected chi connectivity index (χ1v) is 8.55. The Hall–Kier alpha value is -1.79. The van der Waals surface area contributed by atoms with E-state index < -0.39 is 0 Å². The molecule has 0 spiro atoms. The number of nitrogens with zero attached hydrogens (tertiary/aromatic N) is 2.